The summed E-state index contributed by atoms with van der Waals surface area (Å²) < 4.78 is 31.4. The number of sulfonamides is 1. The predicted molar refractivity (Wildman–Crippen MR) is 143 cm³/mol. The lowest BCUT2D eigenvalue weighted by Crippen LogP contribution is -2.52. The molecule has 1 fully saturated rings. The average Bonchev–Trinajstić information content (AvgIpc) is 2.89. The SMILES string of the molecule is COc1cccc(CN(C(=O)CN(c2cccc([N+](=O)[O-])c2)S(C)(=O)=O)[C@H](C)C(=O)NC2CCCCC2)c1. The molecule has 0 aliphatic heterocycles. The number of carbonyl (C=O) groups excluding carboxylic acids is 2. The summed E-state index contributed by atoms with van der Waals surface area (Å²) in [5.41, 5.74) is 0.365. The molecule has 206 valence electrons. The third-order valence-electron chi connectivity index (χ3n) is 6.61. The lowest BCUT2D eigenvalue weighted by molar-refractivity contribution is -0.384. The summed E-state index contributed by atoms with van der Waals surface area (Å²) in [5.74, 6) is -0.381. The number of hydrogen-bond acceptors (Lipinski definition) is 7. The van der Waals surface area contributed by atoms with Gasteiger partial charge in [-0.15, -0.1) is 0 Å². The van der Waals surface area contributed by atoms with E-state index in [1.807, 2.05) is 0 Å². The molecule has 3 rings (SSSR count). The smallest absolute Gasteiger partial charge is 0.271 e. The third kappa shape index (κ3) is 7.67. The van der Waals surface area contributed by atoms with Crippen LogP contribution in [0.4, 0.5) is 11.4 Å². The molecule has 1 aliphatic rings. The summed E-state index contributed by atoms with van der Waals surface area (Å²) in [6.45, 7) is 1.00. The number of non-ortho nitro benzene ring substituents is 1. The molecule has 2 aromatic rings. The van der Waals surface area contributed by atoms with E-state index in [2.05, 4.69) is 5.32 Å². The number of nitro groups is 1. The van der Waals surface area contributed by atoms with Crippen molar-refractivity contribution in [2.75, 3.05) is 24.2 Å². The molecule has 0 saturated heterocycles. The second kappa shape index (κ2) is 12.7. The Bertz CT molecular complexity index is 1260. The third-order valence-corrected chi connectivity index (χ3v) is 7.75. The summed E-state index contributed by atoms with van der Waals surface area (Å²) in [7, 11) is -2.48. The quantitative estimate of drug-likeness (QED) is 0.337. The van der Waals surface area contributed by atoms with Crippen LogP contribution in [0.1, 0.15) is 44.6 Å². The molecule has 2 aromatic carbocycles. The monoisotopic (exact) mass is 546 g/mol. The van der Waals surface area contributed by atoms with Crippen molar-refractivity contribution in [3.05, 3.63) is 64.2 Å². The van der Waals surface area contributed by atoms with Gasteiger partial charge in [0.15, 0.2) is 0 Å². The van der Waals surface area contributed by atoms with Gasteiger partial charge in [0.05, 0.1) is 24.0 Å². The van der Waals surface area contributed by atoms with E-state index in [9.17, 15) is 28.1 Å². The zero-order valence-electron chi connectivity index (χ0n) is 21.8. The van der Waals surface area contributed by atoms with Crippen molar-refractivity contribution < 1.29 is 27.7 Å². The molecule has 1 aliphatic carbocycles. The number of anilines is 1. The summed E-state index contributed by atoms with van der Waals surface area (Å²) in [6, 6.07) is 11.2. The van der Waals surface area contributed by atoms with E-state index in [4.69, 9.17) is 4.74 Å². The van der Waals surface area contributed by atoms with Crippen LogP contribution in [0.2, 0.25) is 0 Å². The van der Waals surface area contributed by atoms with E-state index in [0.29, 0.717) is 11.3 Å². The number of nitrogens with zero attached hydrogens (tertiary/aromatic N) is 3. The fourth-order valence-corrected chi connectivity index (χ4v) is 5.34. The Morgan fingerprint density at radius 3 is 2.45 bits per heavy atom. The molecule has 11 nitrogen and oxygen atoms in total. The maximum absolute atomic E-state index is 13.7. The number of ether oxygens (including phenoxy) is 1. The van der Waals surface area contributed by atoms with Crippen molar-refractivity contribution in [1.82, 2.24) is 10.2 Å². The zero-order valence-corrected chi connectivity index (χ0v) is 22.6. The van der Waals surface area contributed by atoms with Gasteiger partial charge in [0, 0.05) is 24.7 Å². The van der Waals surface area contributed by atoms with Crippen LogP contribution >= 0.6 is 0 Å². The molecule has 0 bridgehead atoms. The van der Waals surface area contributed by atoms with Crippen molar-refractivity contribution in [3.8, 4) is 5.75 Å². The predicted octanol–water partition coefficient (Wildman–Crippen LogP) is 3.24. The van der Waals surface area contributed by atoms with Crippen LogP contribution in [0.3, 0.4) is 0 Å². The number of carbonyl (C=O) groups is 2. The number of amides is 2. The van der Waals surface area contributed by atoms with Gasteiger partial charge in [-0.3, -0.25) is 24.0 Å². The molecule has 12 heteroatoms. The van der Waals surface area contributed by atoms with Crippen LogP contribution in [-0.2, 0) is 26.2 Å². The highest BCUT2D eigenvalue weighted by atomic mass is 32.2. The van der Waals surface area contributed by atoms with E-state index in [-0.39, 0.29) is 29.9 Å². The van der Waals surface area contributed by atoms with Crippen LogP contribution in [0, 0.1) is 10.1 Å². The first kappa shape index (κ1) is 28.9. The number of nitrogens with one attached hydrogen (secondary N) is 1. The van der Waals surface area contributed by atoms with Crippen molar-refractivity contribution >= 4 is 33.2 Å². The standard InChI is InChI=1S/C26H34N4O7S/c1-19(26(32)27-21-10-5-4-6-11-21)28(17-20-9-7-14-24(15-20)37-2)25(31)18-29(38(3,35)36)22-12-8-13-23(16-22)30(33)34/h7-9,12-16,19,21H,4-6,10-11,17-18H2,1-3H3,(H,27,32)/t19-/m1/s1. The molecule has 1 saturated carbocycles. The van der Waals surface area contributed by atoms with Gasteiger partial charge in [0.25, 0.3) is 5.69 Å². The molecule has 0 heterocycles. The maximum Gasteiger partial charge on any atom is 0.271 e. The minimum Gasteiger partial charge on any atom is -0.497 e. The van der Waals surface area contributed by atoms with Gasteiger partial charge in [-0.2, -0.15) is 0 Å². The van der Waals surface area contributed by atoms with E-state index in [1.54, 1.807) is 31.2 Å². The number of benzene rings is 2. The second-order valence-electron chi connectivity index (χ2n) is 9.44. The highest BCUT2D eigenvalue weighted by molar-refractivity contribution is 7.92. The maximum atomic E-state index is 13.7. The van der Waals surface area contributed by atoms with Crippen LogP contribution in [-0.4, -0.2) is 62.0 Å². The molecular weight excluding hydrogens is 512 g/mol. The molecule has 1 atom stereocenters. The lowest BCUT2D eigenvalue weighted by Gasteiger charge is -2.33. The Balaban J connectivity index is 1.91. The van der Waals surface area contributed by atoms with Crippen molar-refractivity contribution in [2.24, 2.45) is 0 Å². The summed E-state index contributed by atoms with van der Waals surface area (Å²) >= 11 is 0. The van der Waals surface area contributed by atoms with Gasteiger partial charge in [-0.25, -0.2) is 8.42 Å². The average molecular weight is 547 g/mol. The Morgan fingerprint density at radius 2 is 1.82 bits per heavy atom. The normalized spacial score (nSPS) is 14.8. The zero-order chi connectivity index (χ0) is 27.9. The van der Waals surface area contributed by atoms with Crippen LogP contribution in [0.25, 0.3) is 0 Å². The van der Waals surface area contributed by atoms with E-state index in [0.717, 1.165) is 48.7 Å². The molecule has 0 spiro atoms. The minimum absolute atomic E-state index is 0.0179. The Labute approximate surface area is 223 Å². The van der Waals surface area contributed by atoms with Crippen LogP contribution in [0.15, 0.2) is 48.5 Å². The lowest BCUT2D eigenvalue weighted by atomic mass is 9.95. The van der Waals surface area contributed by atoms with E-state index < -0.39 is 33.4 Å². The molecule has 0 aromatic heterocycles. The summed E-state index contributed by atoms with van der Waals surface area (Å²) in [6.07, 6.45) is 5.84. The Kier molecular flexibility index (Phi) is 9.67. The molecular formula is C26H34N4O7S. The topological polar surface area (TPSA) is 139 Å². The van der Waals surface area contributed by atoms with Gasteiger partial charge in [-0.1, -0.05) is 37.5 Å². The minimum atomic E-state index is -4.00. The first-order valence-electron chi connectivity index (χ1n) is 12.4. The molecule has 0 radical (unpaired) electrons. The van der Waals surface area contributed by atoms with Crippen molar-refractivity contribution in [3.63, 3.8) is 0 Å². The fraction of sp³-hybridized carbons (Fsp3) is 0.462. The summed E-state index contributed by atoms with van der Waals surface area (Å²) in [5, 5.41) is 14.3. The van der Waals surface area contributed by atoms with Gasteiger partial charge >= 0.3 is 0 Å². The number of nitro benzene ring substituents is 1. The Hall–Kier alpha value is -3.67. The Morgan fingerprint density at radius 1 is 1.13 bits per heavy atom. The highest BCUT2D eigenvalue weighted by Gasteiger charge is 2.31. The number of methoxy groups -OCH3 is 1. The largest absolute Gasteiger partial charge is 0.497 e. The molecule has 1 N–H and O–H groups in total. The molecule has 0 unspecified atom stereocenters. The van der Waals surface area contributed by atoms with Gasteiger partial charge < -0.3 is 15.0 Å². The number of rotatable bonds is 11. The van der Waals surface area contributed by atoms with Crippen LogP contribution < -0.4 is 14.4 Å². The first-order valence-corrected chi connectivity index (χ1v) is 14.3. The van der Waals surface area contributed by atoms with Crippen molar-refractivity contribution in [2.45, 2.75) is 57.7 Å². The van der Waals surface area contributed by atoms with Gasteiger partial charge in [0.2, 0.25) is 21.8 Å². The van der Waals surface area contributed by atoms with Crippen molar-refractivity contribution in [1.29, 1.82) is 0 Å². The van der Waals surface area contributed by atoms with E-state index >= 15 is 0 Å². The molecule has 2 amide bonds. The summed E-state index contributed by atoms with van der Waals surface area (Å²) in [4.78, 5) is 38.8. The highest BCUT2D eigenvalue weighted by Crippen LogP contribution is 2.24. The molecule has 38 heavy (non-hydrogen) atoms. The second-order valence-corrected chi connectivity index (χ2v) is 11.3. The number of hydrogen-bond donors (Lipinski definition) is 1. The van der Waals surface area contributed by atoms with Gasteiger partial charge in [0.1, 0.15) is 18.3 Å². The van der Waals surface area contributed by atoms with Crippen LogP contribution in [0.5, 0.6) is 5.75 Å². The first-order chi connectivity index (χ1) is 18.0. The van der Waals surface area contributed by atoms with E-state index in [1.165, 1.54) is 30.2 Å². The fourth-order valence-electron chi connectivity index (χ4n) is 4.49. The van der Waals surface area contributed by atoms with Gasteiger partial charge in [-0.05, 0) is 43.5 Å².